The van der Waals surface area contributed by atoms with Crippen LogP contribution in [0.15, 0.2) is 16.7 Å². The summed E-state index contributed by atoms with van der Waals surface area (Å²) in [6.07, 6.45) is 3.63. The third-order valence-corrected chi connectivity index (χ3v) is 2.69. The number of hydrogen-bond acceptors (Lipinski definition) is 3. The zero-order valence-electron chi connectivity index (χ0n) is 9.16. The molecule has 0 aliphatic carbocycles. The van der Waals surface area contributed by atoms with E-state index in [-0.39, 0.29) is 0 Å². The van der Waals surface area contributed by atoms with Crippen molar-refractivity contribution in [3.05, 3.63) is 22.6 Å². The largest absolute Gasteiger partial charge is 0.382 e. The Kier molecular flexibility index (Phi) is 3.90. The van der Waals surface area contributed by atoms with Crippen molar-refractivity contribution in [1.82, 2.24) is 15.0 Å². The maximum absolute atomic E-state index is 5.28. The molecule has 5 heteroatoms. The molecule has 0 aromatic carbocycles. The van der Waals surface area contributed by atoms with Crippen LogP contribution in [0, 0.1) is 0 Å². The van der Waals surface area contributed by atoms with Crippen LogP contribution in [0.5, 0.6) is 0 Å². The molecule has 0 amide bonds. The molecule has 1 N–H and O–H groups in total. The molecule has 0 aliphatic heterocycles. The zero-order valence-corrected chi connectivity index (χ0v) is 10.7. The Bertz CT molecular complexity index is 469. The average molecular weight is 284 g/mol. The number of ether oxygens (including phenoxy) is 1. The van der Waals surface area contributed by atoms with Crippen LogP contribution < -0.4 is 0 Å². The van der Waals surface area contributed by atoms with Gasteiger partial charge in [-0.15, -0.1) is 0 Å². The van der Waals surface area contributed by atoms with Gasteiger partial charge in [0.05, 0.1) is 5.52 Å². The molecule has 2 rings (SSSR count). The van der Waals surface area contributed by atoms with E-state index in [4.69, 9.17) is 4.74 Å². The van der Waals surface area contributed by atoms with E-state index in [1.54, 1.807) is 6.20 Å². The number of H-pyrrole nitrogens is 1. The standard InChI is InChI=1S/C11H14BrN3O/c1-2-16-5-3-4-10-14-9-6-8(12)7-13-11(9)15-10/h6-7H,2-5H2,1H3,(H,13,14,15). The number of fused-ring (bicyclic) bond motifs is 1. The molecular weight excluding hydrogens is 270 g/mol. The highest BCUT2D eigenvalue weighted by molar-refractivity contribution is 9.10. The van der Waals surface area contributed by atoms with Crippen molar-refractivity contribution in [3.8, 4) is 0 Å². The fourth-order valence-electron chi connectivity index (χ4n) is 1.53. The van der Waals surface area contributed by atoms with E-state index >= 15 is 0 Å². The molecule has 0 unspecified atom stereocenters. The molecular formula is C11H14BrN3O. The average Bonchev–Trinajstić information content (AvgIpc) is 2.66. The highest BCUT2D eigenvalue weighted by Crippen LogP contribution is 2.15. The van der Waals surface area contributed by atoms with E-state index in [0.29, 0.717) is 0 Å². The van der Waals surface area contributed by atoms with Crippen LogP contribution in [0.25, 0.3) is 11.2 Å². The Morgan fingerprint density at radius 2 is 2.38 bits per heavy atom. The second kappa shape index (κ2) is 5.41. The fraction of sp³-hybridized carbons (Fsp3) is 0.455. The van der Waals surface area contributed by atoms with Gasteiger partial charge >= 0.3 is 0 Å². The molecule has 16 heavy (non-hydrogen) atoms. The summed E-state index contributed by atoms with van der Waals surface area (Å²) in [7, 11) is 0. The van der Waals surface area contributed by atoms with Gasteiger partial charge in [0.2, 0.25) is 0 Å². The van der Waals surface area contributed by atoms with Crippen LogP contribution >= 0.6 is 15.9 Å². The predicted molar refractivity (Wildman–Crippen MR) is 66.4 cm³/mol. The molecule has 4 nitrogen and oxygen atoms in total. The number of pyridine rings is 1. The first-order valence-electron chi connectivity index (χ1n) is 5.37. The van der Waals surface area contributed by atoms with Crippen molar-refractivity contribution in [3.63, 3.8) is 0 Å². The molecule has 86 valence electrons. The number of aromatic nitrogens is 3. The zero-order chi connectivity index (χ0) is 11.4. The molecule has 0 saturated carbocycles. The Balaban J connectivity index is 2.02. The number of aryl methyl sites for hydroxylation is 1. The number of nitrogens with zero attached hydrogens (tertiary/aromatic N) is 2. The Labute approximate surface area is 103 Å². The first kappa shape index (κ1) is 11.5. The highest BCUT2D eigenvalue weighted by atomic mass is 79.9. The number of imidazole rings is 1. The number of nitrogens with one attached hydrogen (secondary N) is 1. The third-order valence-electron chi connectivity index (χ3n) is 2.26. The molecule has 0 fully saturated rings. The molecule has 0 aliphatic rings. The number of aromatic amines is 1. The first-order valence-corrected chi connectivity index (χ1v) is 6.17. The van der Waals surface area contributed by atoms with Gasteiger partial charge in [0.15, 0.2) is 5.65 Å². The first-order chi connectivity index (χ1) is 7.79. The topological polar surface area (TPSA) is 50.8 Å². The van der Waals surface area contributed by atoms with Crippen LogP contribution in [-0.4, -0.2) is 28.2 Å². The van der Waals surface area contributed by atoms with Crippen molar-refractivity contribution in [1.29, 1.82) is 0 Å². The van der Waals surface area contributed by atoms with E-state index in [1.165, 1.54) is 0 Å². The van der Waals surface area contributed by atoms with E-state index in [0.717, 1.165) is 47.5 Å². The van der Waals surface area contributed by atoms with E-state index in [1.807, 2.05) is 13.0 Å². The molecule has 0 spiro atoms. The molecule has 2 aromatic heterocycles. The van der Waals surface area contributed by atoms with Gasteiger partial charge in [-0.2, -0.15) is 0 Å². The van der Waals surface area contributed by atoms with Gasteiger partial charge in [-0.05, 0) is 35.3 Å². The van der Waals surface area contributed by atoms with Crippen molar-refractivity contribution in [2.45, 2.75) is 19.8 Å². The normalized spacial score (nSPS) is 11.1. The quantitative estimate of drug-likeness (QED) is 0.859. The second-order valence-electron chi connectivity index (χ2n) is 3.51. The maximum atomic E-state index is 5.28. The van der Waals surface area contributed by atoms with Crippen LogP contribution in [-0.2, 0) is 11.2 Å². The van der Waals surface area contributed by atoms with Crippen LogP contribution in [0.2, 0.25) is 0 Å². The third kappa shape index (κ3) is 2.80. The van der Waals surface area contributed by atoms with Crippen molar-refractivity contribution < 1.29 is 4.74 Å². The fourth-order valence-corrected chi connectivity index (χ4v) is 1.86. The Hall–Kier alpha value is -0.940. The summed E-state index contributed by atoms with van der Waals surface area (Å²) >= 11 is 3.38. The minimum Gasteiger partial charge on any atom is -0.382 e. The summed E-state index contributed by atoms with van der Waals surface area (Å²) in [5.74, 6) is 0.973. The van der Waals surface area contributed by atoms with Gasteiger partial charge < -0.3 is 9.72 Å². The second-order valence-corrected chi connectivity index (χ2v) is 4.42. The van der Waals surface area contributed by atoms with Gasteiger partial charge in [0.1, 0.15) is 5.82 Å². The lowest BCUT2D eigenvalue weighted by Gasteiger charge is -1.98. The maximum Gasteiger partial charge on any atom is 0.177 e. The predicted octanol–water partition coefficient (Wildman–Crippen LogP) is 2.69. The number of halogens is 1. The monoisotopic (exact) mass is 283 g/mol. The van der Waals surface area contributed by atoms with Crippen molar-refractivity contribution in [2.24, 2.45) is 0 Å². The molecule has 2 aromatic rings. The van der Waals surface area contributed by atoms with Gasteiger partial charge in [-0.25, -0.2) is 9.97 Å². The summed E-state index contributed by atoms with van der Waals surface area (Å²) in [5.41, 5.74) is 1.75. The molecule has 2 heterocycles. The van der Waals surface area contributed by atoms with Crippen molar-refractivity contribution >= 4 is 27.1 Å². The molecule has 0 saturated heterocycles. The summed E-state index contributed by atoms with van der Waals surface area (Å²) < 4.78 is 6.25. The van der Waals surface area contributed by atoms with Gasteiger partial charge in [0.25, 0.3) is 0 Å². The smallest absolute Gasteiger partial charge is 0.177 e. The Morgan fingerprint density at radius 1 is 1.50 bits per heavy atom. The van der Waals surface area contributed by atoms with E-state index in [2.05, 4.69) is 30.9 Å². The lowest BCUT2D eigenvalue weighted by molar-refractivity contribution is 0.145. The summed E-state index contributed by atoms with van der Waals surface area (Å²) in [4.78, 5) is 11.9. The van der Waals surface area contributed by atoms with Gasteiger partial charge in [-0.1, -0.05) is 0 Å². The number of rotatable bonds is 5. The van der Waals surface area contributed by atoms with Gasteiger partial charge in [0, 0.05) is 30.3 Å². The summed E-state index contributed by atoms with van der Waals surface area (Å²) in [5, 5.41) is 0. The van der Waals surface area contributed by atoms with E-state index in [9.17, 15) is 0 Å². The molecule has 0 bridgehead atoms. The summed E-state index contributed by atoms with van der Waals surface area (Å²) in [6, 6.07) is 1.99. The van der Waals surface area contributed by atoms with Crippen LogP contribution in [0.4, 0.5) is 0 Å². The van der Waals surface area contributed by atoms with Crippen LogP contribution in [0.3, 0.4) is 0 Å². The van der Waals surface area contributed by atoms with Crippen LogP contribution in [0.1, 0.15) is 19.2 Å². The molecule has 0 radical (unpaired) electrons. The number of hydrogen-bond donors (Lipinski definition) is 1. The van der Waals surface area contributed by atoms with Gasteiger partial charge in [-0.3, -0.25) is 0 Å². The van der Waals surface area contributed by atoms with E-state index < -0.39 is 0 Å². The minimum absolute atomic E-state index is 0.772. The highest BCUT2D eigenvalue weighted by Gasteiger charge is 2.03. The Morgan fingerprint density at radius 3 is 3.19 bits per heavy atom. The molecule has 0 atom stereocenters. The lowest BCUT2D eigenvalue weighted by atomic mass is 10.3. The lowest BCUT2D eigenvalue weighted by Crippen LogP contribution is -1.96. The minimum atomic E-state index is 0.772. The van der Waals surface area contributed by atoms with Crippen molar-refractivity contribution in [2.75, 3.05) is 13.2 Å². The SMILES string of the molecule is CCOCCCc1nc2ncc(Br)cc2[nH]1. The summed E-state index contributed by atoms with van der Waals surface area (Å²) in [6.45, 7) is 3.56.